The first-order chi connectivity index (χ1) is 16.2. The van der Waals surface area contributed by atoms with Crippen LogP contribution in [0.4, 0.5) is 4.39 Å². The smallest absolute Gasteiger partial charge is 0.255 e. The van der Waals surface area contributed by atoms with Gasteiger partial charge >= 0.3 is 0 Å². The summed E-state index contributed by atoms with van der Waals surface area (Å²) in [4.78, 5) is 19.4. The number of hydrogen-bond acceptors (Lipinski definition) is 5. The maximum atomic E-state index is 13.9. The zero-order chi connectivity index (χ0) is 24.0. The van der Waals surface area contributed by atoms with Gasteiger partial charge in [-0.1, -0.05) is 18.2 Å². The number of sulfone groups is 1. The highest BCUT2D eigenvalue weighted by Crippen LogP contribution is 2.31. The van der Waals surface area contributed by atoms with Crippen molar-refractivity contribution < 1.29 is 17.6 Å². The van der Waals surface area contributed by atoms with Crippen LogP contribution in [0.1, 0.15) is 27.3 Å². The van der Waals surface area contributed by atoms with Crippen molar-refractivity contribution in [1.82, 2.24) is 19.7 Å². The first kappa shape index (κ1) is 22.0. The number of rotatable bonds is 4. The predicted molar refractivity (Wildman–Crippen MR) is 125 cm³/mol. The molecule has 0 unspecified atom stereocenters. The van der Waals surface area contributed by atoms with Gasteiger partial charge in [0.1, 0.15) is 5.82 Å². The average Bonchev–Trinajstić information content (AvgIpc) is 3.37. The molecule has 0 bridgehead atoms. The molecule has 2 aromatic heterocycles. The van der Waals surface area contributed by atoms with E-state index in [1.54, 1.807) is 34.0 Å². The average molecular weight is 477 g/mol. The Morgan fingerprint density at radius 3 is 2.59 bits per heavy atom. The molecule has 0 spiro atoms. The Labute approximate surface area is 196 Å². The van der Waals surface area contributed by atoms with Gasteiger partial charge in [-0.25, -0.2) is 17.5 Å². The Morgan fingerprint density at radius 1 is 1.06 bits per heavy atom. The third-order valence-corrected chi connectivity index (χ3v) is 6.91. The standard InChI is InChI=1S/C25H21FN4O3S/c1-16-10-20(8-9-27-16)30-14-18-13-29(15-24(18)28-30)25(31)23-12-21(34(2,32)33)6-7-22(23)17-4-3-5-19(26)11-17/h3-12,14H,13,15H2,1-2H3. The first-order valence-electron chi connectivity index (χ1n) is 10.6. The van der Waals surface area contributed by atoms with Gasteiger partial charge in [0.15, 0.2) is 9.84 Å². The van der Waals surface area contributed by atoms with E-state index >= 15 is 0 Å². The van der Waals surface area contributed by atoms with Crippen molar-refractivity contribution in [3.05, 3.63) is 95.3 Å². The van der Waals surface area contributed by atoms with E-state index in [1.807, 2.05) is 25.3 Å². The van der Waals surface area contributed by atoms with Gasteiger partial charge in [-0.2, -0.15) is 5.10 Å². The van der Waals surface area contributed by atoms with Crippen LogP contribution in [0.15, 0.2) is 71.9 Å². The highest BCUT2D eigenvalue weighted by atomic mass is 32.2. The second-order valence-electron chi connectivity index (χ2n) is 8.35. The van der Waals surface area contributed by atoms with E-state index in [1.165, 1.54) is 24.3 Å². The minimum Gasteiger partial charge on any atom is -0.328 e. The molecule has 34 heavy (non-hydrogen) atoms. The van der Waals surface area contributed by atoms with E-state index in [9.17, 15) is 17.6 Å². The first-order valence-corrected chi connectivity index (χ1v) is 12.5. The van der Waals surface area contributed by atoms with Gasteiger partial charge in [-0.05, 0) is 54.4 Å². The highest BCUT2D eigenvalue weighted by molar-refractivity contribution is 7.90. The molecule has 7 nitrogen and oxygen atoms in total. The number of carbonyl (C=O) groups is 1. The van der Waals surface area contributed by atoms with Gasteiger partial charge in [0, 0.05) is 42.0 Å². The summed E-state index contributed by atoms with van der Waals surface area (Å²) in [6.07, 6.45) is 4.70. The van der Waals surface area contributed by atoms with Crippen molar-refractivity contribution in [3.63, 3.8) is 0 Å². The number of carbonyl (C=O) groups excluding carboxylic acids is 1. The third-order valence-electron chi connectivity index (χ3n) is 5.80. The summed E-state index contributed by atoms with van der Waals surface area (Å²) in [5.41, 5.74) is 4.62. The van der Waals surface area contributed by atoms with Crippen molar-refractivity contribution in [1.29, 1.82) is 0 Å². The van der Waals surface area contributed by atoms with Crippen LogP contribution in [-0.4, -0.2) is 40.2 Å². The number of amides is 1. The van der Waals surface area contributed by atoms with Crippen LogP contribution in [0.5, 0.6) is 0 Å². The molecule has 0 saturated heterocycles. The zero-order valence-electron chi connectivity index (χ0n) is 18.6. The molecule has 0 fully saturated rings. The van der Waals surface area contributed by atoms with Crippen LogP contribution in [0.3, 0.4) is 0 Å². The van der Waals surface area contributed by atoms with Crippen LogP contribution in [-0.2, 0) is 22.9 Å². The van der Waals surface area contributed by atoms with Gasteiger partial charge < -0.3 is 4.90 Å². The van der Waals surface area contributed by atoms with E-state index in [2.05, 4.69) is 10.1 Å². The lowest BCUT2D eigenvalue weighted by Gasteiger charge is -2.19. The molecule has 3 heterocycles. The molecular formula is C25H21FN4O3S. The molecule has 4 aromatic rings. The van der Waals surface area contributed by atoms with Crippen LogP contribution >= 0.6 is 0 Å². The largest absolute Gasteiger partial charge is 0.328 e. The highest BCUT2D eigenvalue weighted by Gasteiger charge is 2.29. The fourth-order valence-corrected chi connectivity index (χ4v) is 4.76. The molecule has 0 N–H and O–H groups in total. The predicted octanol–water partition coefficient (Wildman–Crippen LogP) is 3.94. The number of halogens is 1. The van der Waals surface area contributed by atoms with Gasteiger partial charge in [0.25, 0.3) is 5.91 Å². The fourth-order valence-electron chi connectivity index (χ4n) is 4.11. The van der Waals surface area contributed by atoms with E-state index < -0.39 is 15.7 Å². The maximum Gasteiger partial charge on any atom is 0.255 e. The van der Waals surface area contributed by atoms with Crippen LogP contribution < -0.4 is 0 Å². The van der Waals surface area contributed by atoms with E-state index in [4.69, 9.17) is 0 Å². The summed E-state index contributed by atoms with van der Waals surface area (Å²) in [7, 11) is -3.54. The summed E-state index contributed by atoms with van der Waals surface area (Å²) >= 11 is 0. The Kier molecular flexibility index (Phi) is 5.28. The van der Waals surface area contributed by atoms with Crippen molar-refractivity contribution in [3.8, 4) is 16.8 Å². The number of hydrogen-bond donors (Lipinski definition) is 0. The normalized spacial score (nSPS) is 13.2. The molecule has 1 amide bonds. The molecule has 1 aliphatic rings. The lowest BCUT2D eigenvalue weighted by Crippen LogP contribution is -2.26. The van der Waals surface area contributed by atoms with Crippen LogP contribution in [0.2, 0.25) is 0 Å². The van der Waals surface area contributed by atoms with Gasteiger partial charge in [0.05, 0.1) is 22.8 Å². The van der Waals surface area contributed by atoms with Crippen molar-refractivity contribution in [2.45, 2.75) is 24.9 Å². The molecule has 2 aromatic carbocycles. The fraction of sp³-hybridized carbons (Fsp3) is 0.160. The molecule has 0 saturated carbocycles. The molecule has 9 heteroatoms. The minimum atomic E-state index is -3.54. The third kappa shape index (κ3) is 4.10. The lowest BCUT2D eigenvalue weighted by atomic mass is 9.98. The monoisotopic (exact) mass is 476 g/mol. The van der Waals surface area contributed by atoms with E-state index in [0.717, 1.165) is 28.9 Å². The van der Waals surface area contributed by atoms with Crippen molar-refractivity contribution in [2.24, 2.45) is 0 Å². The quantitative estimate of drug-likeness (QED) is 0.445. The summed E-state index contributed by atoms with van der Waals surface area (Å²) in [5, 5.41) is 4.63. The Morgan fingerprint density at radius 2 is 1.88 bits per heavy atom. The Hall–Kier alpha value is -3.85. The van der Waals surface area contributed by atoms with Crippen LogP contribution in [0.25, 0.3) is 16.8 Å². The van der Waals surface area contributed by atoms with E-state index in [0.29, 0.717) is 17.7 Å². The molecule has 172 valence electrons. The number of benzene rings is 2. The number of pyridine rings is 1. The second kappa shape index (κ2) is 8.18. The SMILES string of the molecule is Cc1cc(-n2cc3c(n2)CN(C(=O)c2cc(S(C)(=O)=O)ccc2-c2cccc(F)c2)C3)ccn1. The van der Waals surface area contributed by atoms with E-state index in [-0.39, 0.29) is 22.9 Å². The molecule has 5 rings (SSSR count). The lowest BCUT2D eigenvalue weighted by molar-refractivity contribution is 0.0749. The number of fused-ring (bicyclic) bond motifs is 1. The van der Waals surface area contributed by atoms with Gasteiger partial charge in [0.2, 0.25) is 0 Å². The van der Waals surface area contributed by atoms with Crippen molar-refractivity contribution in [2.75, 3.05) is 6.26 Å². The number of nitrogens with zero attached hydrogens (tertiary/aromatic N) is 4. The van der Waals surface area contributed by atoms with Crippen LogP contribution in [0, 0.1) is 12.7 Å². The molecular weight excluding hydrogens is 455 g/mol. The maximum absolute atomic E-state index is 13.9. The number of aromatic nitrogens is 3. The topological polar surface area (TPSA) is 85.2 Å². The summed E-state index contributed by atoms with van der Waals surface area (Å²) < 4.78 is 40.0. The Bertz CT molecular complexity index is 1520. The second-order valence-corrected chi connectivity index (χ2v) is 10.4. The summed E-state index contributed by atoms with van der Waals surface area (Å²) in [5.74, 6) is -0.779. The molecule has 0 radical (unpaired) electrons. The summed E-state index contributed by atoms with van der Waals surface area (Å²) in [6.45, 7) is 2.53. The van der Waals surface area contributed by atoms with Gasteiger partial charge in [-0.3, -0.25) is 9.78 Å². The van der Waals surface area contributed by atoms with Crippen molar-refractivity contribution >= 4 is 15.7 Å². The molecule has 1 aliphatic heterocycles. The summed E-state index contributed by atoms with van der Waals surface area (Å²) in [6, 6.07) is 14.0. The van der Waals surface area contributed by atoms with Gasteiger partial charge in [-0.15, -0.1) is 0 Å². The number of aryl methyl sites for hydroxylation is 1. The molecule has 0 atom stereocenters. The Balaban J connectivity index is 1.49. The zero-order valence-corrected chi connectivity index (χ0v) is 19.4. The minimum absolute atomic E-state index is 0.0335. The molecule has 0 aliphatic carbocycles.